The number of alkyl halides is 3. The third-order valence-corrected chi connectivity index (χ3v) is 7.61. The van der Waals surface area contributed by atoms with Gasteiger partial charge in [-0.2, -0.15) is 13.2 Å². The number of hydrogen-bond donors (Lipinski definition) is 0. The molecule has 0 N–H and O–H groups in total. The van der Waals surface area contributed by atoms with Gasteiger partial charge in [0.1, 0.15) is 11.5 Å². The van der Waals surface area contributed by atoms with Crippen LogP contribution in [0.3, 0.4) is 0 Å². The molecule has 0 saturated heterocycles. The summed E-state index contributed by atoms with van der Waals surface area (Å²) in [6.07, 6.45) is -3.70. The summed E-state index contributed by atoms with van der Waals surface area (Å²) in [6.45, 7) is 3.00. The fraction of sp³-hybridized carbons (Fsp3) is 0.179. The summed E-state index contributed by atoms with van der Waals surface area (Å²) in [7, 11) is 0. The first-order chi connectivity index (χ1) is 19.9. The quantitative estimate of drug-likeness (QED) is 0.161. The maximum absolute atomic E-state index is 14.2. The number of nitro groups is 1. The smallest absolute Gasteiger partial charge is 0.434 e. The second-order valence-corrected chi connectivity index (χ2v) is 10.5. The molecule has 3 heterocycles. The Morgan fingerprint density at radius 2 is 1.93 bits per heavy atom. The molecule has 0 fully saturated rings. The molecule has 2 aromatic heterocycles. The van der Waals surface area contributed by atoms with Crippen LogP contribution in [0.25, 0.3) is 17.4 Å². The summed E-state index contributed by atoms with van der Waals surface area (Å²) in [4.78, 5) is 40.7. The van der Waals surface area contributed by atoms with Crippen LogP contribution in [-0.4, -0.2) is 28.2 Å². The molecule has 1 aliphatic rings. The highest BCUT2D eigenvalue weighted by Crippen LogP contribution is 2.38. The van der Waals surface area contributed by atoms with Gasteiger partial charge in [0, 0.05) is 28.8 Å². The number of fused-ring (bicyclic) bond motifs is 1. The van der Waals surface area contributed by atoms with Gasteiger partial charge in [-0.25, -0.2) is 9.79 Å². The zero-order chi connectivity index (χ0) is 30.3. The van der Waals surface area contributed by atoms with Crippen molar-refractivity contribution >= 4 is 40.7 Å². The lowest BCUT2D eigenvalue weighted by Gasteiger charge is -2.26. The number of aromatic nitrogens is 1. The van der Waals surface area contributed by atoms with Crippen molar-refractivity contribution in [1.29, 1.82) is 0 Å². The molecule has 216 valence electrons. The molecule has 0 radical (unpaired) electrons. The average Bonchev–Trinajstić information content (AvgIpc) is 3.52. The van der Waals surface area contributed by atoms with Gasteiger partial charge < -0.3 is 9.15 Å². The van der Waals surface area contributed by atoms with E-state index in [4.69, 9.17) is 20.8 Å². The summed E-state index contributed by atoms with van der Waals surface area (Å²) in [5, 5.41) is 11.5. The topological polar surface area (TPSA) is 117 Å². The van der Waals surface area contributed by atoms with E-state index in [2.05, 4.69) is 4.99 Å². The Morgan fingerprint density at radius 1 is 1.21 bits per heavy atom. The van der Waals surface area contributed by atoms with Gasteiger partial charge in [0.2, 0.25) is 0 Å². The van der Waals surface area contributed by atoms with Crippen LogP contribution in [0.15, 0.2) is 80.1 Å². The predicted molar refractivity (Wildman–Crippen MR) is 148 cm³/mol. The van der Waals surface area contributed by atoms with E-state index in [1.54, 1.807) is 19.1 Å². The Morgan fingerprint density at radius 3 is 2.57 bits per heavy atom. The molecule has 0 unspecified atom stereocenters. The van der Waals surface area contributed by atoms with Crippen LogP contribution in [0.2, 0.25) is 5.02 Å². The van der Waals surface area contributed by atoms with Crippen LogP contribution in [0.1, 0.15) is 29.9 Å². The highest BCUT2D eigenvalue weighted by Gasteiger charge is 2.45. The molecular weight excluding hydrogens is 599 g/mol. The van der Waals surface area contributed by atoms with E-state index < -0.39 is 39.9 Å². The summed E-state index contributed by atoms with van der Waals surface area (Å²) >= 11 is 6.68. The van der Waals surface area contributed by atoms with E-state index in [1.165, 1.54) is 55.5 Å². The number of esters is 1. The average molecular weight is 618 g/mol. The van der Waals surface area contributed by atoms with Gasteiger partial charge in [-0.15, -0.1) is 0 Å². The molecule has 0 saturated carbocycles. The number of carbonyl (C=O) groups is 1. The molecule has 9 nitrogen and oxygen atoms in total. The van der Waals surface area contributed by atoms with Crippen LogP contribution in [0.5, 0.6) is 0 Å². The normalized spacial score (nSPS) is 15.4. The molecule has 14 heteroatoms. The van der Waals surface area contributed by atoms with Crippen LogP contribution in [0.4, 0.5) is 18.9 Å². The third kappa shape index (κ3) is 5.40. The van der Waals surface area contributed by atoms with Crippen molar-refractivity contribution in [3.05, 3.63) is 118 Å². The van der Waals surface area contributed by atoms with Gasteiger partial charge in [-0.3, -0.25) is 19.5 Å². The molecule has 1 atom stereocenters. The first-order valence-electron chi connectivity index (χ1n) is 12.3. The predicted octanol–water partition coefficient (Wildman–Crippen LogP) is 5.47. The molecule has 0 amide bonds. The maximum Gasteiger partial charge on any atom is 0.434 e. The zero-order valence-electron chi connectivity index (χ0n) is 21.8. The number of non-ortho nitro benzene ring substituents is 1. The number of nitro benzene ring substituents is 1. The van der Waals surface area contributed by atoms with Gasteiger partial charge >= 0.3 is 12.1 Å². The van der Waals surface area contributed by atoms with Gasteiger partial charge in [-0.1, -0.05) is 41.1 Å². The Balaban J connectivity index is 1.69. The minimum Gasteiger partial charge on any atom is -0.463 e. The van der Waals surface area contributed by atoms with Crippen molar-refractivity contribution < 1.29 is 32.0 Å². The second-order valence-electron chi connectivity index (χ2n) is 9.07. The van der Waals surface area contributed by atoms with Crippen molar-refractivity contribution in [1.82, 2.24) is 4.57 Å². The van der Waals surface area contributed by atoms with E-state index in [-0.39, 0.29) is 33.0 Å². The fourth-order valence-electron chi connectivity index (χ4n) is 4.49. The van der Waals surface area contributed by atoms with Gasteiger partial charge in [0.15, 0.2) is 10.5 Å². The molecule has 0 aliphatic carbocycles. The summed E-state index contributed by atoms with van der Waals surface area (Å²) in [5.41, 5.74) is -1.79. The molecule has 0 bridgehead atoms. The largest absolute Gasteiger partial charge is 0.463 e. The van der Waals surface area contributed by atoms with Crippen molar-refractivity contribution in [2.75, 3.05) is 6.61 Å². The maximum atomic E-state index is 14.2. The van der Waals surface area contributed by atoms with Crippen molar-refractivity contribution in [2.24, 2.45) is 4.99 Å². The number of rotatable bonds is 6. The van der Waals surface area contributed by atoms with Crippen LogP contribution in [-0.2, 0) is 9.53 Å². The zero-order valence-corrected chi connectivity index (χ0v) is 23.3. The van der Waals surface area contributed by atoms with Gasteiger partial charge in [-0.05, 0) is 49.2 Å². The Bertz CT molecular complexity index is 1940. The number of furan rings is 1. The first-order valence-corrected chi connectivity index (χ1v) is 13.5. The van der Waals surface area contributed by atoms with Crippen LogP contribution < -0.4 is 14.9 Å². The first kappa shape index (κ1) is 29.0. The Hall–Kier alpha value is -4.49. The number of thiazole rings is 1. The van der Waals surface area contributed by atoms with Gasteiger partial charge in [0.25, 0.3) is 11.2 Å². The number of carbonyl (C=O) groups excluding carboxylic acids is 1. The number of benzene rings is 2. The van der Waals surface area contributed by atoms with Crippen LogP contribution >= 0.6 is 22.9 Å². The lowest BCUT2D eigenvalue weighted by Crippen LogP contribution is -2.41. The second kappa shape index (κ2) is 11.1. The lowest BCUT2D eigenvalue weighted by molar-refractivity contribution is -0.384. The highest BCUT2D eigenvalue weighted by atomic mass is 35.5. The van der Waals surface area contributed by atoms with Crippen molar-refractivity contribution in [3.63, 3.8) is 0 Å². The van der Waals surface area contributed by atoms with E-state index in [0.717, 1.165) is 4.57 Å². The van der Waals surface area contributed by atoms with Crippen LogP contribution in [0, 0.1) is 17.0 Å². The van der Waals surface area contributed by atoms with Gasteiger partial charge in [0.05, 0.1) is 27.7 Å². The van der Waals surface area contributed by atoms with E-state index in [0.29, 0.717) is 33.2 Å². The molecule has 0 spiro atoms. The Kier molecular flexibility index (Phi) is 7.64. The standard InChI is InChI=1S/C28H19ClF3N3O6S/c1-3-40-26(37)22-23(15-5-7-16(29)8-6-15)34-25(36)21(42-27(34)33-24(22)28(30,31)32)13-18-10-11-20(41-18)19-12-17(35(38)39)9-4-14(19)2/h4-13,23H,3H2,1-2H3/b21-13-/t23-/m0/s1. The molecule has 42 heavy (non-hydrogen) atoms. The van der Waals surface area contributed by atoms with E-state index in [9.17, 15) is 32.9 Å². The number of ether oxygens (including phenoxy) is 1. The van der Waals surface area contributed by atoms with E-state index >= 15 is 0 Å². The molecular formula is C28H19ClF3N3O6S. The number of hydrogen-bond acceptors (Lipinski definition) is 8. The molecule has 5 rings (SSSR count). The Labute approximate surface area is 243 Å². The SMILES string of the molecule is CCOC(=O)C1=C(C(F)(F)F)N=c2s/c(=C\c3ccc(-c4cc([N+](=O)[O-])ccc4C)o3)c(=O)n2[C@H]1c1ccc(Cl)cc1. The number of allylic oxidation sites excluding steroid dienone is 1. The van der Waals surface area contributed by atoms with Crippen molar-refractivity contribution in [2.45, 2.75) is 26.1 Å². The third-order valence-electron chi connectivity index (χ3n) is 6.38. The lowest BCUT2D eigenvalue weighted by atomic mass is 9.95. The molecule has 2 aromatic carbocycles. The highest BCUT2D eigenvalue weighted by molar-refractivity contribution is 7.07. The molecule has 4 aromatic rings. The molecule has 1 aliphatic heterocycles. The van der Waals surface area contributed by atoms with E-state index in [1.807, 2.05) is 0 Å². The minimum absolute atomic E-state index is 0.0176. The summed E-state index contributed by atoms with van der Waals surface area (Å²) in [6, 6.07) is 11.6. The number of halogens is 4. The number of aryl methyl sites for hydroxylation is 1. The monoisotopic (exact) mass is 617 g/mol. The summed E-state index contributed by atoms with van der Waals surface area (Å²) < 4.78 is 54.5. The van der Waals surface area contributed by atoms with Crippen molar-refractivity contribution in [3.8, 4) is 11.3 Å². The fourth-order valence-corrected chi connectivity index (χ4v) is 5.60. The number of nitrogens with zero attached hydrogens (tertiary/aromatic N) is 3. The summed E-state index contributed by atoms with van der Waals surface area (Å²) in [5.74, 6) is -0.797. The minimum atomic E-state index is -5.03.